The minimum Gasteiger partial charge on any atom is -0.379 e. The summed E-state index contributed by atoms with van der Waals surface area (Å²) in [7, 11) is 1.67. The highest BCUT2D eigenvalue weighted by Crippen LogP contribution is 2.24. The number of hydrogen-bond donors (Lipinski definition) is 2. The van der Waals surface area contributed by atoms with Crippen molar-refractivity contribution in [3.05, 3.63) is 34.1 Å². The second kappa shape index (κ2) is 6.61. The molecule has 0 aromatic heterocycles. The van der Waals surface area contributed by atoms with E-state index in [1.54, 1.807) is 13.2 Å². The molecule has 0 spiro atoms. The Labute approximate surface area is 116 Å². The predicted octanol–water partition coefficient (Wildman–Crippen LogP) is 2.78. The molecule has 0 aliphatic heterocycles. The molecule has 1 aromatic rings. The molecule has 0 saturated heterocycles. The van der Waals surface area contributed by atoms with E-state index in [4.69, 9.17) is 10.6 Å². The van der Waals surface area contributed by atoms with Crippen LogP contribution in [0.15, 0.2) is 22.7 Å². The molecule has 0 aliphatic carbocycles. The first-order valence-electron chi connectivity index (χ1n) is 5.84. The SMILES string of the molecule is COC(C)(C)CC(Cc1cccc(F)c1Br)NN. The summed E-state index contributed by atoms with van der Waals surface area (Å²) in [6, 6.07) is 5.04. The summed E-state index contributed by atoms with van der Waals surface area (Å²) in [5.41, 5.74) is 3.39. The molecule has 1 unspecified atom stereocenters. The van der Waals surface area contributed by atoms with Crippen molar-refractivity contribution < 1.29 is 9.13 Å². The molecular weight excluding hydrogens is 299 g/mol. The van der Waals surface area contributed by atoms with Crippen molar-refractivity contribution in [2.24, 2.45) is 5.84 Å². The lowest BCUT2D eigenvalue weighted by Gasteiger charge is -2.28. The summed E-state index contributed by atoms with van der Waals surface area (Å²) < 4.78 is 19.3. The molecule has 0 fully saturated rings. The molecule has 1 aromatic carbocycles. The van der Waals surface area contributed by atoms with E-state index >= 15 is 0 Å². The predicted molar refractivity (Wildman–Crippen MR) is 74.6 cm³/mol. The number of ether oxygens (including phenoxy) is 1. The van der Waals surface area contributed by atoms with Gasteiger partial charge in [-0.05, 0) is 54.2 Å². The van der Waals surface area contributed by atoms with Crippen LogP contribution >= 0.6 is 15.9 Å². The molecule has 3 N–H and O–H groups in total. The summed E-state index contributed by atoms with van der Waals surface area (Å²) in [5.74, 6) is 5.30. The van der Waals surface area contributed by atoms with Gasteiger partial charge in [0.15, 0.2) is 0 Å². The van der Waals surface area contributed by atoms with Crippen LogP contribution in [-0.2, 0) is 11.2 Å². The van der Waals surface area contributed by atoms with Gasteiger partial charge in [0, 0.05) is 13.2 Å². The Kier molecular flexibility index (Phi) is 5.72. The third-order valence-corrected chi connectivity index (χ3v) is 3.91. The van der Waals surface area contributed by atoms with E-state index in [1.165, 1.54) is 6.07 Å². The van der Waals surface area contributed by atoms with E-state index in [0.717, 1.165) is 12.0 Å². The molecule has 3 nitrogen and oxygen atoms in total. The van der Waals surface area contributed by atoms with Crippen molar-refractivity contribution in [2.45, 2.75) is 38.3 Å². The third-order valence-electron chi connectivity index (χ3n) is 3.02. The number of nitrogens with two attached hydrogens (primary N) is 1. The first-order valence-corrected chi connectivity index (χ1v) is 6.63. The summed E-state index contributed by atoms with van der Waals surface area (Å²) in [6.07, 6.45) is 1.38. The Morgan fingerprint density at radius 3 is 2.72 bits per heavy atom. The van der Waals surface area contributed by atoms with E-state index in [2.05, 4.69) is 21.4 Å². The molecule has 1 rings (SSSR count). The van der Waals surface area contributed by atoms with Gasteiger partial charge < -0.3 is 4.74 Å². The summed E-state index contributed by atoms with van der Waals surface area (Å²) >= 11 is 3.26. The highest BCUT2D eigenvalue weighted by molar-refractivity contribution is 9.10. The van der Waals surface area contributed by atoms with Crippen LogP contribution in [0.1, 0.15) is 25.8 Å². The van der Waals surface area contributed by atoms with Gasteiger partial charge in [-0.2, -0.15) is 0 Å². The number of nitrogens with one attached hydrogen (secondary N) is 1. The molecule has 0 amide bonds. The van der Waals surface area contributed by atoms with Crippen LogP contribution in [0.4, 0.5) is 4.39 Å². The van der Waals surface area contributed by atoms with Crippen LogP contribution in [0.25, 0.3) is 0 Å². The topological polar surface area (TPSA) is 47.3 Å². The Morgan fingerprint density at radius 2 is 2.17 bits per heavy atom. The maximum atomic E-state index is 13.4. The van der Waals surface area contributed by atoms with Gasteiger partial charge in [0.25, 0.3) is 0 Å². The van der Waals surface area contributed by atoms with Crippen molar-refractivity contribution in [3.63, 3.8) is 0 Å². The maximum Gasteiger partial charge on any atom is 0.137 e. The molecule has 0 radical (unpaired) electrons. The van der Waals surface area contributed by atoms with Crippen LogP contribution in [0.5, 0.6) is 0 Å². The van der Waals surface area contributed by atoms with Gasteiger partial charge in [0.05, 0.1) is 10.1 Å². The Hall–Kier alpha value is -0.490. The first kappa shape index (κ1) is 15.6. The van der Waals surface area contributed by atoms with Gasteiger partial charge in [-0.1, -0.05) is 12.1 Å². The molecule has 1 atom stereocenters. The van der Waals surface area contributed by atoms with Crippen molar-refractivity contribution >= 4 is 15.9 Å². The Morgan fingerprint density at radius 1 is 1.50 bits per heavy atom. The zero-order chi connectivity index (χ0) is 13.8. The van der Waals surface area contributed by atoms with Crippen LogP contribution in [0.2, 0.25) is 0 Å². The monoisotopic (exact) mass is 318 g/mol. The first-order chi connectivity index (χ1) is 8.39. The average Bonchev–Trinajstić information content (AvgIpc) is 2.33. The smallest absolute Gasteiger partial charge is 0.137 e. The van der Waals surface area contributed by atoms with E-state index in [1.807, 2.05) is 19.9 Å². The third kappa shape index (κ3) is 4.31. The van der Waals surface area contributed by atoms with E-state index in [0.29, 0.717) is 10.9 Å². The van der Waals surface area contributed by atoms with E-state index in [-0.39, 0.29) is 17.5 Å². The molecule has 0 bridgehead atoms. The van der Waals surface area contributed by atoms with Gasteiger partial charge in [0.2, 0.25) is 0 Å². The number of rotatable bonds is 6. The minimum absolute atomic E-state index is 0.0260. The molecule has 0 saturated carbocycles. The van der Waals surface area contributed by atoms with Crippen molar-refractivity contribution in [2.75, 3.05) is 7.11 Å². The van der Waals surface area contributed by atoms with Gasteiger partial charge in [-0.3, -0.25) is 11.3 Å². The van der Waals surface area contributed by atoms with Crippen LogP contribution in [0.3, 0.4) is 0 Å². The molecule has 0 aliphatic rings. The van der Waals surface area contributed by atoms with Crippen molar-refractivity contribution in [3.8, 4) is 0 Å². The van der Waals surface area contributed by atoms with Crippen LogP contribution in [0, 0.1) is 5.82 Å². The van der Waals surface area contributed by atoms with Crippen molar-refractivity contribution in [1.82, 2.24) is 5.43 Å². The van der Waals surface area contributed by atoms with Gasteiger partial charge in [0.1, 0.15) is 5.82 Å². The number of hydrogen-bond acceptors (Lipinski definition) is 3. The van der Waals surface area contributed by atoms with Gasteiger partial charge >= 0.3 is 0 Å². The highest BCUT2D eigenvalue weighted by atomic mass is 79.9. The number of hydrazine groups is 1. The van der Waals surface area contributed by atoms with E-state index < -0.39 is 0 Å². The Bertz CT molecular complexity index is 399. The average molecular weight is 319 g/mol. The Balaban J connectivity index is 2.77. The highest BCUT2D eigenvalue weighted by Gasteiger charge is 2.23. The maximum absolute atomic E-state index is 13.4. The number of halogens is 2. The lowest BCUT2D eigenvalue weighted by molar-refractivity contribution is 0.00709. The number of methoxy groups -OCH3 is 1. The lowest BCUT2D eigenvalue weighted by atomic mass is 9.94. The van der Waals surface area contributed by atoms with Gasteiger partial charge in [-0.25, -0.2) is 4.39 Å². The fourth-order valence-electron chi connectivity index (χ4n) is 1.84. The van der Waals surface area contributed by atoms with Crippen LogP contribution in [-0.4, -0.2) is 18.8 Å². The van der Waals surface area contributed by atoms with Crippen molar-refractivity contribution in [1.29, 1.82) is 0 Å². The lowest BCUT2D eigenvalue weighted by Crippen LogP contribution is -2.42. The van der Waals surface area contributed by atoms with Crippen LogP contribution < -0.4 is 11.3 Å². The molecule has 5 heteroatoms. The zero-order valence-electron chi connectivity index (χ0n) is 11.0. The fourth-order valence-corrected chi connectivity index (χ4v) is 2.26. The standard InChI is InChI=1S/C13H20BrFN2O/c1-13(2,18-3)8-10(17-16)7-9-5-4-6-11(15)12(9)14/h4-6,10,17H,7-8,16H2,1-3H3. The quantitative estimate of drug-likeness (QED) is 0.626. The van der Waals surface area contributed by atoms with Gasteiger partial charge in [-0.15, -0.1) is 0 Å². The molecular formula is C13H20BrFN2O. The normalized spacial score (nSPS) is 13.7. The number of benzene rings is 1. The summed E-state index contributed by atoms with van der Waals surface area (Å²) in [6.45, 7) is 4.00. The second-order valence-electron chi connectivity index (χ2n) is 4.95. The second-order valence-corrected chi connectivity index (χ2v) is 5.74. The molecule has 0 heterocycles. The largest absolute Gasteiger partial charge is 0.379 e. The molecule has 102 valence electrons. The summed E-state index contributed by atoms with van der Waals surface area (Å²) in [4.78, 5) is 0. The molecule has 18 heavy (non-hydrogen) atoms. The zero-order valence-corrected chi connectivity index (χ0v) is 12.6. The fraction of sp³-hybridized carbons (Fsp3) is 0.538. The summed E-state index contributed by atoms with van der Waals surface area (Å²) in [5, 5.41) is 0. The van der Waals surface area contributed by atoms with E-state index in [9.17, 15) is 4.39 Å². The minimum atomic E-state index is -0.267.